The minimum Gasteiger partial charge on any atom is -0.455 e. The summed E-state index contributed by atoms with van der Waals surface area (Å²) in [5, 5.41) is 1.03. The molecule has 1 saturated heterocycles. The molecule has 2 heterocycles. The van der Waals surface area contributed by atoms with Gasteiger partial charge in [0.05, 0.1) is 21.1 Å². The second-order valence-electron chi connectivity index (χ2n) is 7.57. The summed E-state index contributed by atoms with van der Waals surface area (Å²) >= 11 is 1.68. The normalized spacial score (nSPS) is 23.3. The number of ether oxygens (including phenoxy) is 1. The van der Waals surface area contributed by atoms with Crippen LogP contribution in [-0.4, -0.2) is 41.5 Å². The molecule has 0 N–H and O–H groups in total. The van der Waals surface area contributed by atoms with E-state index in [1.54, 1.807) is 11.3 Å². The Morgan fingerprint density at radius 3 is 2.67 bits per heavy atom. The van der Waals surface area contributed by atoms with Crippen LogP contribution >= 0.6 is 11.3 Å². The number of carbonyl (C=O) groups is 2. The second kappa shape index (κ2) is 8.38. The van der Waals surface area contributed by atoms with Crippen LogP contribution in [0, 0.1) is 5.92 Å². The van der Waals surface area contributed by atoms with Gasteiger partial charge in [0.15, 0.2) is 6.61 Å². The molecule has 27 heavy (non-hydrogen) atoms. The molecule has 4 rings (SSSR count). The number of hydrogen-bond donors (Lipinski definition) is 0. The summed E-state index contributed by atoms with van der Waals surface area (Å²) in [4.78, 5) is 31.7. The summed E-state index contributed by atoms with van der Waals surface area (Å²) in [6.45, 7) is 1.45. The number of esters is 1. The van der Waals surface area contributed by atoms with Crippen molar-refractivity contribution < 1.29 is 14.3 Å². The smallest absolute Gasteiger partial charge is 0.310 e. The first kappa shape index (κ1) is 18.4. The molecule has 1 aromatic carbocycles. The van der Waals surface area contributed by atoms with Crippen molar-refractivity contribution in [3.8, 4) is 0 Å². The van der Waals surface area contributed by atoms with Gasteiger partial charge in [-0.2, -0.15) is 0 Å². The predicted octanol–water partition coefficient (Wildman–Crippen LogP) is 4.13. The predicted molar refractivity (Wildman–Crippen MR) is 106 cm³/mol. The number of piperidine rings is 1. The fraction of sp³-hybridized carbons (Fsp3) is 0.571. The van der Waals surface area contributed by atoms with Crippen molar-refractivity contribution in [2.24, 2.45) is 5.92 Å². The molecule has 1 aromatic heterocycles. The first-order valence-electron chi connectivity index (χ1n) is 10.0. The zero-order chi connectivity index (χ0) is 18.6. The van der Waals surface area contributed by atoms with Gasteiger partial charge in [-0.1, -0.05) is 25.0 Å². The molecule has 1 aliphatic carbocycles. The number of benzene rings is 1. The molecular formula is C21H26N2O3S. The Bertz CT molecular complexity index is 780. The largest absolute Gasteiger partial charge is 0.455 e. The number of amides is 1. The summed E-state index contributed by atoms with van der Waals surface area (Å²) in [6.07, 6.45) is 7.18. The number of carbonyl (C=O) groups excluding carboxylic acids is 2. The molecule has 2 fully saturated rings. The third kappa shape index (κ3) is 4.15. The standard InChI is InChI=1S/C21H26N2O3S/c24-19(23-12-6-1-7-13-23)14-26-21(25)16-9-3-2-8-15(16)20-22-17-10-4-5-11-18(17)27-20/h4-5,10-11,15-16H,1-3,6-9,12-14H2. The number of fused-ring (bicyclic) bond motifs is 1. The number of para-hydroxylation sites is 1. The molecule has 2 unspecified atom stereocenters. The SMILES string of the molecule is O=C(OCC(=O)N1CCCCC1)C1CCCCC1c1nc2ccccc2s1. The zero-order valence-electron chi connectivity index (χ0n) is 15.6. The van der Waals surface area contributed by atoms with Gasteiger partial charge in [0, 0.05) is 19.0 Å². The van der Waals surface area contributed by atoms with Crippen LogP contribution < -0.4 is 0 Å². The summed E-state index contributed by atoms with van der Waals surface area (Å²) in [7, 11) is 0. The summed E-state index contributed by atoms with van der Waals surface area (Å²) in [6, 6.07) is 8.10. The fourth-order valence-corrected chi connectivity index (χ4v) is 5.40. The van der Waals surface area contributed by atoms with Gasteiger partial charge in [0.25, 0.3) is 5.91 Å². The van der Waals surface area contributed by atoms with Gasteiger partial charge in [-0.15, -0.1) is 11.3 Å². The van der Waals surface area contributed by atoms with Crippen LogP contribution in [0.3, 0.4) is 0 Å². The third-order valence-corrected chi connectivity index (χ3v) is 6.91. The molecule has 0 spiro atoms. The van der Waals surface area contributed by atoms with E-state index in [1.165, 1.54) is 6.42 Å². The van der Waals surface area contributed by atoms with Crippen LogP contribution in [0.2, 0.25) is 0 Å². The summed E-state index contributed by atoms with van der Waals surface area (Å²) in [5.74, 6) is -0.373. The van der Waals surface area contributed by atoms with Crippen molar-refractivity contribution in [3.63, 3.8) is 0 Å². The molecule has 6 heteroatoms. The molecule has 5 nitrogen and oxygen atoms in total. The van der Waals surface area contributed by atoms with Crippen molar-refractivity contribution in [1.82, 2.24) is 9.88 Å². The van der Waals surface area contributed by atoms with Gasteiger partial charge in [0.2, 0.25) is 0 Å². The first-order valence-corrected chi connectivity index (χ1v) is 10.8. The Labute approximate surface area is 163 Å². The highest BCUT2D eigenvalue weighted by Crippen LogP contribution is 2.41. The Hall–Kier alpha value is -1.95. The van der Waals surface area contributed by atoms with Crippen LogP contribution in [0.5, 0.6) is 0 Å². The van der Waals surface area contributed by atoms with E-state index in [2.05, 4.69) is 6.07 Å². The lowest BCUT2D eigenvalue weighted by Gasteiger charge is -2.29. The topological polar surface area (TPSA) is 59.5 Å². The average molecular weight is 387 g/mol. The molecule has 144 valence electrons. The highest BCUT2D eigenvalue weighted by atomic mass is 32.1. The van der Waals surface area contributed by atoms with Crippen molar-refractivity contribution >= 4 is 33.4 Å². The highest BCUT2D eigenvalue weighted by Gasteiger charge is 2.35. The molecule has 2 atom stereocenters. The van der Waals surface area contributed by atoms with Crippen LogP contribution in [-0.2, 0) is 14.3 Å². The molecule has 1 saturated carbocycles. The highest BCUT2D eigenvalue weighted by molar-refractivity contribution is 7.18. The molecule has 1 amide bonds. The second-order valence-corrected chi connectivity index (χ2v) is 8.63. The molecular weight excluding hydrogens is 360 g/mol. The van der Waals surface area contributed by atoms with Gasteiger partial charge < -0.3 is 9.64 Å². The van der Waals surface area contributed by atoms with E-state index in [9.17, 15) is 9.59 Å². The number of thiazole rings is 1. The average Bonchev–Trinajstić information content (AvgIpc) is 3.16. The van der Waals surface area contributed by atoms with E-state index in [1.807, 2.05) is 23.1 Å². The van der Waals surface area contributed by atoms with E-state index in [0.717, 1.165) is 66.8 Å². The number of aromatic nitrogens is 1. The van der Waals surface area contributed by atoms with Crippen LogP contribution in [0.15, 0.2) is 24.3 Å². The molecule has 1 aliphatic heterocycles. The van der Waals surface area contributed by atoms with Gasteiger partial charge in [-0.25, -0.2) is 4.98 Å². The summed E-state index contributed by atoms with van der Waals surface area (Å²) in [5.41, 5.74) is 0.996. The lowest BCUT2D eigenvalue weighted by Crippen LogP contribution is -2.39. The fourth-order valence-electron chi connectivity index (χ4n) is 4.23. The number of nitrogens with zero attached hydrogens (tertiary/aromatic N) is 2. The maximum absolute atomic E-state index is 12.8. The Balaban J connectivity index is 1.42. The molecule has 2 aliphatic rings. The number of rotatable bonds is 4. The van der Waals surface area contributed by atoms with E-state index < -0.39 is 0 Å². The third-order valence-electron chi connectivity index (χ3n) is 5.74. The Morgan fingerprint density at radius 1 is 1.07 bits per heavy atom. The zero-order valence-corrected chi connectivity index (χ0v) is 16.4. The maximum Gasteiger partial charge on any atom is 0.310 e. The van der Waals surface area contributed by atoms with Crippen molar-refractivity contribution in [2.75, 3.05) is 19.7 Å². The quantitative estimate of drug-likeness (QED) is 0.742. The van der Waals surface area contributed by atoms with Gasteiger partial charge >= 0.3 is 5.97 Å². The lowest BCUT2D eigenvalue weighted by atomic mass is 9.79. The Morgan fingerprint density at radius 2 is 1.85 bits per heavy atom. The van der Waals surface area contributed by atoms with Crippen LogP contribution in [0.25, 0.3) is 10.2 Å². The van der Waals surface area contributed by atoms with Crippen molar-refractivity contribution in [2.45, 2.75) is 50.9 Å². The minimum absolute atomic E-state index is 0.0598. The van der Waals surface area contributed by atoms with E-state index in [-0.39, 0.29) is 30.3 Å². The monoisotopic (exact) mass is 386 g/mol. The Kier molecular flexibility index (Phi) is 5.72. The number of likely N-dealkylation sites (tertiary alicyclic amines) is 1. The van der Waals surface area contributed by atoms with E-state index in [4.69, 9.17) is 9.72 Å². The molecule has 2 aromatic rings. The maximum atomic E-state index is 12.8. The number of hydrogen-bond acceptors (Lipinski definition) is 5. The molecule has 0 bridgehead atoms. The van der Waals surface area contributed by atoms with E-state index >= 15 is 0 Å². The van der Waals surface area contributed by atoms with Crippen LogP contribution in [0.4, 0.5) is 0 Å². The van der Waals surface area contributed by atoms with Crippen molar-refractivity contribution in [3.05, 3.63) is 29.3 Å². The molecule has 0 radical (unpaired) electrons. The minimum atomic E-state index is -0.232. The van der Waals surface area contributed by atoms with Crippen LogP contribution in [0.1, 0.15) is 55.9 Å². The first-order chi connectivity index (χ1) is 13.2. The summed E-state index contributed by atoms with van der Waals surface area (Å²) < 4.78 is 6.63. The van der Waals surface area contributed by atoms with Crippen molar-refractivity contribution in [1.29, 1.82) is 0 Å². The van der Waals surface area contributed by atoms with E-state index in [0.29, 0.717) is 0 Å². The van der Waals surface area contributed by atoms with Gasteiger partial charge in [-0.05, 0) is 44.2 Å². The van der Waals surface area contributed by atoms with Gasteiger partial charge in [-0.3, -0.25) is 9.59 Å². The lowest BCUT2D eigenvalue weighted by molar-refractivity contribution is -0.157. The van der Waals surface area contributed by atoms with Gasteiger partial charge in [0.1, 0.15) is 0 Å².